The molecular weight excluding hydrogens is 511 g/mol. The molecule has 3 aromatic carbocycles. The summed E-state index contributed by atoms with van der Waals surface area (Å²) in [7, 11) is -4.07. The van der Waals surface area contributed by atoms with Crippen LogP contribution in [0, 0.1) is 0 Å². The van der Waals surface area contributed by atoms with Crippen LogP contribution < -0.4 is 19.1 Å². The predicted octanol–water partition coefficient (Wildman–Crippen LogP) is 5.30. The number of sulfonamides is 1. The summed E-state index contributed by atoms with van der Waals surface area (Å²) in [6, 6.07) is 17.6. The van der Waals surface area contributed by atoms with Gasteiger partial charge in [-0.2, -0.15) is 0 Å². The third-order valence-corrected chi connectivity index (χ3v) is 7.08. The molecule has 7 nitrogen and oxygen atoms in total. The maximum atomic E-state index is 13.4. The van der Waals surface area contributed by atoms with Crippen molar-refractivity contribution in [2.75, 3.05) is 24.1 Å². The van der Waals surface area contributed by atoms with Crippen LogP contribution in [0.3, 0.4) is 0 Å². The van der Waals surface area contributed by atoms with Crippen LogP contribution in [0.5, 0.6) is 11.5 Å². The van der Waals surface area contributed by atoms with Gasteiger partial charge in [0.1, 0.15) is 6.54 Å². The quantitative estimate of drug-likeness (QED) is 0.359. The van der Waals surface area contributed by atoms with Gasteiger partial charge in [0.15, 0.2) is 11.5 Å². The van der Waals surface area contributed by atoms with Crippen LogP contribution in [0.15, 0.2) is 71.6 Å². The van der Waals surface area contributed by atoms with E-state index in [9.17, 15) is 13.2 Å². The van der Waals surface area contributed by atoms with E-state index >= 15 is 0 Å². The number of nitrogens with one attached hydrogen (secondary N) is 1. The molecule has 3 aromatic rings. The van der Waals surface area contributed by atoms with E-state index in [2.05, 4.69) is 5.32 Å². The van der Waals surface area contributed by atoms with Crippen molar-refractivity contribution in [2.45, 2.75) is 25.3 Å². The zero-order chi connectivity index (χ0) is 25.4. The van der Waals surface area contributed by atoms with Crippen molar-refractivity contribution >= 4 is 44.8 Å². The van der Waals surface area contributed by atoms with E-state index < -0.39 is 22.5 Å². The third-order valence-electron chi connectivity index (χ3n) is 4.85. The number of rotatable bonds is 11. The van der Waals surface area contributed by atoms with Crippen molar-refractivity contribution in [2.24, 2.45) is 0 Å². The van der Waals surface area contributed by atoms with Crippen molar-refractivity contribution in [3.8, 4) is 11.5 Å². The number of halogens is 2. The van der Waals surface area contributed by atoms with E-state index in [-0.39, 0.29) is 27.2 Å². The van der Waals surface area contributed by atoms with E-state index in [1.807, 2.05) is 19.9 Å². The first-order valence-corrected chi connectivity index (χ1v) is 13.1. The van der Waals surface area contributed by atoms with Crippen LogP contribution in [-0.2, 0) is 21.4 Å². The fourth-order valence-corrected chi connectivity index (χ4v) is 5.25. The minimum Gasteiger partial charge on any atom is -0.490 e. The summed E-state index contributed by atoms with van der Waals surface area (Å²) in [6.45, 7) is 4.41. The highest BCUT2D eigenvalue weighted by molar-refractivity contribution is 7.92. The minimum atomic E-state index is -4.07. The maximum absolute atomic E-state index is 13.4. The van der Waals surface area contributed by atoms with E-state index in [0.717, 1.165) is 9.87 Å². The van der Waals surface area contributed by atoms with Gasteiger partial charge < -0.3 is 14.8 Å². The minimum absolute atomic E-state index is 0.0387. The average molecular weight is 537 g/mol. The molecule has 0 bridgehead atoms. The Labute approximate surface area is 215 Å². The first kappa shape index (κ1) is 26.7. The molecule has 0 spiro atoms. The molecule has 0 saturated carbocycles. The standard InChI is InChI=1S/C25H26Cl2N2O5S/c1-3-33-23-11-10-18(12-24(23)34-4-2)16-28-25(30)17-29(21-14-19(26)13-20(27)15-21)35(31,32)22-8-6-5-7-9-22/h5-15H,3-4,16-17H2,1-2H3,(H,28,30). The maximum Gasteiger partial charge on any atom is 0.264 e. The molecular formula is C25H26Cl2N2O5S. The smallest absolute Gasteiger partial charge is 0.264 e. The summed E-state index contributed by atoms with van der Waals surface area (Å²) in [5, 5.41) is 3.26. The van der Waals surface area contributed by atoms with Gasteiger partial charge >= 0.3 is 0 Å². The van der Waals surface area contributed by atoms with E-state index in [0.29, 0.717) is 24.7 Å². The molecule has 0 radical (unpaired) electrons. The molecule has 0 aromatic heterocycles. The Bertz CT molecular complexity index is 1250. The second-order valence-corrected chi connectivity index (χ2v) is 10.1. The lowest BCUT2D eigenvalue weighted by atomic mass is 10.2. The van der Waals surface area contributed by atoms with E-state index in [4.69, 9.17) is 32.7 Å². The Balaban J connectivity index is 1.83. The summed E-state index contributed by atoms with van der Waals surface area (Å²) >= 11 is 12.2. The zero-order valence-electron chi connectivity index (χ0n) is 19.3. The number of anilines is 1. The molecule has 0 atom stereocenters. The second kappa shape index (κ2) is 12.2. The van der Waals surface area contributed by atoms with E-state index in [1.54, 1.807) is 30.3 Å². The summed E-state index contributed by atoms with van der Waals surface area (Å²) < 4.78 is 39.0. The molecule has 3 rings (SSSR count). The molecule has 0 fully saturated rings. The third kappa shape index (κ3) is 7.04. The summed E-state index contributed by atoms with van der Waals surface area (Å²) in [5.74, 6) is 0.679. The Morgan fingerprint density at radius 1 is 0.886 bits per heavy atom. The molecule has 0 heterocycles. The van der Waals surface area contributed by atoms with Crippen molar-refractivity contribution in [1.29, 1.82) is 0 Å². The van der Waals surface area contributed by atoms with Gasteiger partial charge in [-0.25, -0.2) is 8.42 Å². The van der Waals surface area contributed by atoms with Gasteiger partial charge in [0.25, 0.3) is 10.0 Å². The van der Waals surface area contributed by atoms with Gasteiger partial charge in [-0.15, -0.1) is 0 Å². The number of carbonyl (C=O) groups is 1. The van der Waals surface area contributed by atoms with Gasteiger partial charge in [0, 0.05) is 16.6 Å². The number of benzene rings is 3. The lowest BCUT2D eigenvalue weighted by Gasteiger charge is -2.24. The van der Waals surface area contributed by atoms with Crippen molar-refractivity contribution in [3.63, 3.8) is 0 Å². The number of nitrogens with zero attached hydrogens (tertiary/aromatic N) is 1. The Kier molecular flexibility index (Phi) is 9.26. The number of amides is 1. The lowest BCUT2D eigenvalue weighted by molar-refractivity contribution is -0.119. The Morgan fingerprint density at radius 3 is 2.14 bits per heavy atom. The molecule has 35 heavy (non-hydrogen) atoms. The monoisotopic (exact) mass is 536 g/mol. The molecule has 0 aliphatic rings. The largest absolute Gasteiger partial charge is 0.490 e. The van der Waals surface area contributed by atoms with Crippen molar-refractivity contribution in [1.82, 2.24) is 5.32 Å². The molecule has 186 valence electrons. The van der Waals surface area contributed by atoms with Crippen LogP contribution in [0.1, 0.15) is 19.4 Å². The first-order valence-electron chi connectivity index (χ1n) is 10.9. The summed E-state index contributed by atoms with van der Waals surface area (Å²) in [4.78, 5) is 12.9. The highest BCUT2D eigenvalue weighted by Gasteiger charge is 2.27. The number of hydrogen-bond donors (Lipinski definition) is 1. The zero-order valence-corrected chi connectivity index (χ0v) is 21.7. The van der Waals surface area contributed by atoms with Crippen LogP contribution >= 0.6 is 23.2 Å². The topological polar surface area (TPSA) is 84.9 Å². The summed E-state index contributed by atoms with van der Waals surface area (Å²) in [6.07, 6.45) is 0. The highest BCUT2D eigenvalue weighted by Crippen LogP contribution is 2.30. The first-order chi connectivity index (χ1) is 16.7. The number of carbonyl (C=O) groups excluding carboxylic acids is 1. The van der Waals surface area contributed by atoms with E-state index in [1.165, 1.54) is 30.3 Å². The Hall–Kier alpha value is -2.94. The van der Waals surface area contributed by atoms with Crippen LogP contribution in [0.2, 0.25) is 10.0 Å². The van der Waals surface area contributed by atoms with Crippen molar-refractivity contribution < 1.29 is 22.7 Å². The van der Waals surface area contributed by atoms with Gasteiger partial charge in [-0.05, 0) is 61.9 Å². The number of ether oxygens (including phenoxy) is 2. The second-order valence-electron chi connectivity index (χ2n) is 7.38. The van der Waals surface area contributed by atoms with Crippen LogP contribution in [0.25, 0.3) is 0 Å². The average Bonchev–Trinajstić information content (AvgIpc) is 2.82. The molecule has 0 unspecified atom stereocenters. The fourth-order valence-electron chi connectivity index (χ4n) is 3.31. The molecule has 1 N–H and O–H groups in total. The van der Waals surface area contributed by atoms with Gasteiger partial charge in [0.2, 0.25) is 5.91 Å². The Morgan fingerprint density at radius 2 is 1.51 bits per heavy atom. The van der Waals surface area contributed by atoms with Crippen LogP contribution in [0.4, 0.5) is 5.69 Å². The van der Waals surface area contributed by atoms with Crippen LogP contribution in [-0.4, -0.2) is 34.1 Å². The molecule has 0 aliphatic carbocycles. The highest BCUT2D eigenvalue weighted by atomic mass is 35.5. The SMILES string of the molecule is CCOc1ccc(CNC(=O)CN(c2cc(Cl)cc(Cl)c2)S(=O)(=O)c2ccccc2)cc1OCC. The van der Waals surface area contributed by atoms with Crippen molar-refractivity contribution in [3.05, 3.63) is 82.3 Å². The lowest BCUT2D eigenvalue weighted by Crippen LogP contribution is -2.40. The number of hydrogen-bond acceptors (Lipinski definition) is 5. The van der Waals surface area contributed by atoms with Gasteiger partial charge in [-0.3, -0.25) is 9.10 Å². The molecule has 0 saturated heterocycles. The summed E-state index contributed by atoms with van der Waals surface area (Å²) in [5.41, 5.74) is 0.953. The molecule has 10 heteroatoms. The van der Waals surface area contributed by atoms with Gasteiger partial charge in [0.05, 0.1) is 23.8 Å². The fraction of sp³-hybridized carbons (Fsp3) is 0.240. The molecule has 0 aliphatic heterocycles. The van der Waals surface area contributed by atoms with Gasteiger partial charge in [-0.1, -0.05) is 47.5 Å². The normalized spacial score (nSPS) is 11.1. The molecule has 1 amide bonds. The predicted molar refractivity (Wildman–Crippen MR) is 138 cm³/mol.